The van der Waals surface area contributed by atoms with E-state index in [9.17, 15) is 0 Å². The van der Waals surface area contributed by atoms with Crippen molar-refractivity contribution in [2.75, 3.05) is 11.9 Å². The van der Waals surface area contributed by atoms with Crippen LogP contribution in [0, 0.1) is 0 Å². The fourth-order valence-corrected chi connectivity index (χ4v) is 1.53. The molecule has 0 unspecified atom stereocenters. The molecule has 1 aliphatic rings. The minimum atomic E-state index is 0.870. The Morgan fingerprint density at radius 3 is 3.20 bits per heavy atom. The number of fused-ring (bicyclic) bond motifs is 1. The van der Waals surface area contributed by atoms with Crippen molar-refractivity contribution >= 4 is 21.6 Å². The molecule has 0 amide bonds. The van der Waals surface area contributed by atoms with Crippen LogP contribution in [0.1, 0.15) is 5.69 Å². The van der Waals surface area contributed by atoms with Crippen LogP contribution in [-0.4, -0.2) is 16.5 Å². The summed E-state index contributed by atoms with van der Waals surface area (Å²) in [5.74, 6) is 0. The maximum absolute atomic E-state index is 4.12. The van der Waals surface area contributed by atoms with E-state index >= 15 is 0 Å². The quantitative estimate of drug-likeness (QED) is 0.639. The van der Waals surface area contributed by atoms with Gasteiger partial charge in [-0.2, -0.15) is 0 Å². The van der Waals surface area contributed by atoms with Crippen LogP contribution >= 0.6 is 15.9 Å². The van der Waals surface area contributed by atoms with Gasteiger partial charge in [-0.05, 0) is 15.9 Å². The van der Waals surface area contributed by atoms with Crippen molar-refractivity contribution in [3.05, 3.63) is 16.6 Å². The number of aromatic nitrogens is 2. The summed E-state index contributed by atoms with van der Waals surface area (Å²) in [5.41, 5.74) is 2.17. The molecule has 0 radical (unpaired) electrons. The van der Waals surface area contributed by atoms with Crippen LogP contribution in [-0.2, 0) is 6.42 Å². The van der Waals surface area contributed by atoms with Crippen molar-refractivity contribution in [1.29, 1.82) is 0 Å². The van der Waals surface area contributed by atoms with E-state index in [0.717, 1.165) is 29.0 Å². The maximum atomic E-state index is 4.12. The third-order valence-electron chi connectivity index (χ3n) is 1.54. The van der Waals surface area contributed by atoms with Crippen molar-refractivity contribution in [2.24, 2.45) is 0 Å². The summed E-state index contributed by atoms with van der Waals surface area (Å²) in [6, 6.07) is 0. The Morgan fingerprint density at radius 2 is 2.40 bits per heavy atom. The molecule has 0 saturated heterocycles. The fraction of sp³-hybridized carbons (Fsp3) is 0.333. The van der Waals surface area contributed by atoms with Gasteiger partial charge in [0.25, 0.3) is 0 Å². The zero-order valence-corrected chi connectivity index (χ0v) is 6.85. The highest BCUT2D eigenvalue weighted by Gasteiger charge is 2.13. The molecule has 0 aliphatic carbocycles. The molecular weight excluding hydrogens is 194 g/mol. The Bertz CT molecular complexity index is 261. The molecule has 52 valence electrons. The zero-order chi connectivity index (χ0) is 6.97. The van der Waals surface area contributed by atoms with Crippen molar-refractivity contribution in [3.63, 3.8) is 0 Å². The molecule has 0 spiro atoms. The lowest BCUT2D eigenvalue weighted by Crippen LogP contribution is -1.92. The number of halogens is 1. The Kier molecular flexibility index (Phi) is 1.34. The van der Waals surface area contributed by atoms with Crippen molar-refractivity contribution in [2.45, 2.75) is 6.42 Å². The van der Waals surface area contributed by atoms with Crippen LogP contribution in [0.4, 0.5) is 5.69 Å². The van der Waals surface area contributed by atoms with Crippen LogP contribution in [0.15, 0.2) is 10.9 Å². The van der Waals surface area contributed by atoms with Crippen LogP contribution in [0.3, 0.4) is 0 Å². The monoisotopic (exact) mass is 199 g/mol. The van der Waals surface area contributed by atoms with Gasteiger partial charge < -0.3 is 5.32 Å². The van der Waals surface area contributed by atoms with Gasteiger partial charge in [0, 0.05) is 13.0 Å². The van der Waals surface area contributed by atoms with Gasteiger partial charge in [-0.1, -0.05) is 0 Å². The number of nitrogens with zero attached hydrogens (tertiary/aromatic N) is 2. The van der Waals surface area contributed by atoms with Gasteiger partial charge in [-0.25, -0.2) is 9.97 Å². The van der Waals surface area contributed by atoms with E-state index in [1.807, 2.05) is 0 Å². The first kappa shape index (κ1) is 6.09. The Labute approximate surface area is 67.0 Å². The number of hydrogen-bond donors (Lipinski definition) is 1. The number of anilines is 1. The summed E-state index contributed by atoms with van der Waals surface area (Å²) in [6.07, 6.45) is 2.59. The van der Waals surface area contributed by atoms with Gasteiger partial charge in [0.05, 0.1) is 11.4 Å². The molecule has 0 atom stereocenters. The molecule has 2 rings (SSSR count). The molecule has 4 heteroatoms. The molecule has 1 aromatic rings. The predicted octanol–water partition coefficient (Wildman–Crippen LogP) is 1.21. The van der Waals surface area contributed by atoms with E-state index in [2.05, 4.69) is 31.2 Å². The molecule has 0 bridgehead atoms. The minimum absolute atomic E-state index is 0.870. The van der Waals surface area contributed by atoms with Crippen LogP contribution in [0.25, 0.3) is 0 Å². The van der Waals surface area contributed by atoms with E-state index < -0.39 is 0 Å². The average molecular weight is 200 g/mol. The summed E-state index contributed by atoms with van der Waals surface area (Å²) in [5, 5.41) is 3.20. The van der Waals surface area contributed by atoms with Crippen molar-refractivity contribution in [1.82, 2.24) is 9.97 Å². The smallest absolute Gasteiger partial charge is 0.132 e. The first-order chi connectivity index (χ1) is 4.88. The molecule has 10 heavy (non-hydrogen) atoms. The molecule has 0 saturated carbocycles. The Morgan fingerprint density at radius 1 is 1.50 bits per heavy atom. The van der Waals surface area contributed by atoms with Gasteiger partial charge >= 0.3 is 0 Å². The number of nitrogens with one attached hydrogen (secondary N) is 1. The lowest BCUT2D eigenvalue weighted by molar-refractivity contribution is 1.02. The van der Waals surface area contributed by atoms with Gasteiger partial charge in [-0.3, -0.25) is 0 Å². The first-order valence-electron chi connectivity index (χ1n) is 3.11. The average Bonchev–Trinajstić information content (AvgIpc) is 2.36. The molecule has 0 aromatic carbocycles. The zero-order valence-electron chi connectivity index (χ0n) is 5.26. The van der Waals surface area contributed by atoms with Crippen LogP contribution in [0.2, 0.25) is 0 Å². The summed E-state index contributed by atoms with van der Waals surface area (Å²) >= 11 is 3.33. The summed E-state index contributed by atoms with van der Waals surface area (Å²) in [7, 11) is 0. The second-order valence-electron chi connectivity index (χ2n) is 2.16. The Balaban J connectivity index is 2.59. The fourth-order valence-electron chi connectivity index (χ4n) is 1.07. The van der Waals surface area contributed by atoms with Gasteiger partial charge in [0.2, 0.25) is 0 Å². The predicted molar refractivity (Wildman–Crippen MR) is 41.9 cm³/mol. The highest BCUT2D eigenvalue weighted by atomic mass is 79.9. The van der Waals surface area contributed by atoms with Gasteiger partial charge in [0.15, 0.2) is 0 Å². The van der Waals surface area contributed by atoms with Crippen molar-refractivity contribution in [3.8, 4) is 0 Å². The third kappa shape index (κ3) is 0.794. The lowest BCUT2D eigenvalue weighted by atomic mass is 10.3. The molecule has 2 heterocycles. The first-order valence-corrected chi connectivity index (χ1v) is 3.90. The highest BCUT2D eigenvalue weighted by Crippen LogP contribution is 2.26. The third-order valence-corrected chi connectivity index (χ3v) is 2.14. The van der Waals surface area contributed by atoms with Crippen LogP contribution in [0.5, 0.6) is 0 Å². The molecule has 1 aliphatic heterocycles. The second kappa shape index (κ2) is 2.20. The van der Waals surface area contributed by atoms with Gasteiger partial charge in [-0.15, -0.1) is 0 Å². The largest absolute Gasteiger partial charge is 0.381 e. The SMILES string of the molecule is Brc1ncnc2c1NCC2. The van der Waals surface area contributed by atoms with Crippen LogP contribution < -0.4 is 5.32 Å². The molecule has 3 nitrogen and oxygen atoms in total. The number of rotatable bonds is 0. The maximum Gasteiger partial charge on any atom is 0.132 e. The summed E-state index contributed by atoms with van der Waals surface area (Å²) < 4.78 is 0.870. The number of hydrogen-bond acceptors (Lipinski definition) is 3. The lowest BCUT2D eigenvalue weighted by Gasteiger charge is -1.98. The minimum Gasteiger partial charge on any atom is -0.381 e. The molecule has 0 fully saturated rings. The Hall–Kier alpha value is -0.640. The summed E-state index contributed by atoms with van der Waals surface area (Å²) in [4.78, 5) is 8.11. The van der Waals surface area contributed by atoms with E-state index in [1.54, 1.807) is 6.33 Å². The topological polar surface area (TPSA) is 37.8 Å². The van der Waals surface area contributed by atoms with E-state index in [-0.39, 0.29) is 0 Å². The standard InChI is InChI=1S/C6H6BrN3/c7-6-5-4(1-2-8-5)9-3-10-6/h3,8H,1-2H2. The molecular formula is C6H6BrN3. The van der Waals surface area contributed by atoms with E-state index in [0.29, 0.717) is 0 Å². The highest BCUT2D eigenvalue weighted by molar-refractivity contribution is 9.10. The van der Waals surface area contributed by atoms with Gasteiger partial charge in [0.1, 0.15) is 10.9 Å². The molecule has 1 N–H and O–H groups in total. The molecule has 1 aromatic heterocycles. The summed E-state index contributed by atoms with van der Waals surface area (Å²) in [6.45, 7) is 0.979. The normalized spacial score (nSPS) is 14.5. The van der Waals surface area contributed by atoms with Crippen molar-refractivity contribution < 1.29 is 0 Å². The second-order valence-corrected chi connectivity index (χ2v) is 2.91. The van der Waals surface area contributed by atoms with E-state index in [1.165, 1.54) is 0 Å². The van der Waals surface area contributed by atoms with E-state index in [4.69, 9.17) is 0 Å².